The van der Waals surface area contributed by atoms with Crippen molar-refractivity contribution in [3.05, 3.63) is 0 Å². The van der Waals surface area contributed by atoms with Crippen LogP contribution in [0.2, 0.25) is 12.1 Å². The van der Waals surface area contributed by atoms with Crippen molar-refractivity contribution in [3.63, 3.8) is 0 Å². The highest BCUT2D eigenvalue weighted by Gasteiger charge is 2.37. The van der Waals surface area contributed by atoms with E-state index in [0.29, 0.717) is 0 Å². The largest absolute Gasteiger partial charge is 0.415 e. The molecule has 0 amide bonds. The van der Waals surface area contributed by atoms with Gasteiger partial charge in [-0.25, -0.2) is 0 Å². The van der Waals surface area contributed by atoms with Crippen LogP contribution in [0.15, 0.2) is 0 Å². The van der Waals surface area contributed by atoms with Crippen LogP contribution in [0.5, 0.6) is 0 Å². The van der Waals surface area contributed by atoms with Crippen molar-refractivity contribution < 1.29 is 9.53 Å². The molecule has 12 heavy (non-hydrogen) atoms. The van der Waals surface area contributed by atoms with E-state index in [1.807, 2.05) is 13.8 Å². The van der Waals surface area contributed by atoms with Gasteiger partial charge in [-0.2, -0.15) is 0 Å². The van der Waals surface area contributed by atoms with E-state index >= 15 is 0 Å². The van der Waals surface area contributed by atoms with Crippen LogP contribution >= 0.6 is 0 Å². The second-order valence-corrected chi connectivity index (χ2v) is 7.63. The summed E-state index contributed by atoms with van der Waals surface area (Å²) in [5, 5.41) is 9.84. The second kappa shape index (κ2) is 5.73. The van der Waals surface area contributed by atoms with Gasteiger partial charge in [-0.1, -0.05) is 20.8 Å². The van der Waals surface area contributed by atoms with E-state index < -0.39 is 8.32 Å². The minimum absolute atomic E-state index is 0.188. The monoisotopic (exact) mass is 190 g/mol. The predicted molar refractivity (Wildman–Crippen MR) is 54.6 cm³/mol. The average Bonchev–Trinajstić information content (AvgIpc) is 2.13. The summed E-state index contributed by atoms with van der Waals surface area (Å²) in [5.74, 6) is 0. The molecule has 1 N–H and O–H groups in total. The molecule has 0 fully saturated rings. The number of hydrogen-bond acceptors (Lipinski definition) is 2. The van der Waals surface area contributed by atoms with E-state index in [4.69, 9.17) is 4.43 Å². The molecule has 0 rings (SSSR count). The molecule has 0 saturated heterocycles. The Bertz CT molecular complexity index is 113. The maximum Gasteiger partial charge on any atom is 0.220 e. The zero-order valence-electron chi connectivity index (χ0n) is 8.76. The molecule has 2 nitrogen and oxygen atoms in total. The summed E-state index contributed by atoms with van der Waals surface area (Å²) in [4.78, 5) is 0. The van der Waals surface area contributed by atoms with Gasteiger partial charge >= 0.3 is 0 Å². The van der Waals surface area contributed by atoms with Gasteiger partial charge in [0.2, 0.25) is 8.32 Å². The fourth-order valence-corrected chi connectivity index (χ4v) is 5.04. The van der Waals surface area contributed by atoms with E-state index in [-0.39, 0.29) is 5.73 Å². The van der Waals surface area contributed by atoms with Gasteiger partial charge in [-0.3, -0.25) is 0 Å². The normalized spacial score (nSPS) is 14.8. The lowest BCUT2D eigenvalue weighted by molar-refractivity contribution is 0.188. The third kappa shape index (κ3) is 2.57. The molecular formula is C9H22O2Si. The zero-order chi connectivity index (χ0) is 9.61. The SMILES string of the molecule is CCO[Si](CC)(CC)C(O)CC. The van der Waals surface area contributed by atoms with E-state index in [1.165, 1.54) is 0 Å². The zero-order valence-corrected chi connectivity index (χ0v) is 9.76. The van der Waals surface area contributed by atoms with Crippen LogP contribution in [0.3, 0.4) is 0 Å². The summed E-state index contributed by atoms with van der Waals surface area (Å²) in [6.45, 7) is 9.03. The summed E-state index contributed by atoms with van der Waals surface area (Å²) in [7, 11) is -1.79. The molecule has 0 radical (unpaired) electrons. The Kier molecular flexibility index (Phi) is 5.79. The number of aliphatic hydroxyl groups excluding tert-OH is 1. The number of rotatable bonds is 6. The predicted octanol–water partition coefficient (Wildman–Crippen LogP) is 2.32. The molecule has 0 aliphatic heterocycles. The van der Waals surface area contributed by atoms with Crippen molar-refractivity contribution in [1.82, 2.24) is 0 Å². The number of hydrogen-bond donors (Lipinski definition) is 1. The van der Waals surface area contributed by atoms with Gasteiger partial charge in [0, 0.05) is 6.61 Å². The van der Waals surface area contributed by atoms with Crippen molar-refractivity contribution >= 4 is 8.32 Å². The molecule has 0 aliphatic carbocycles. The van der Waals surface area contributed by atoms with Crippen LogP contribution < -0.4 is 0 Å². The molecule has 0 spiro atoms. The molecular weight excluding hydrogens is 168 g/mol. The van der Waals surface area contributed by atoms with Crippen LogP contribution in [0.1, 0.15) is 34.1 Å². The van der Waals surface area contributed by atoms with E-state index in [1.54, 1.807) is 0 Å². The quantitative estimate of drug-likeness (QED) is 0.651. The minimum Gasteiger partial charge on any atom is -0.415 e. The first-order valence-corrected chi connectivity index (χ1v) is 7.38. The maximum absolute atomic E-state index is 9.84. The fourth-order valence-electron chi connectivity index (χ4n) is 1.68. The molecule has 0 heterocycles. The molecule has 1 atom stereocenters. The van der Waals surface area contributed by atoms with Crippen LogP contribution in [-0.4, -0.2) is 25.8 Å². The molecule has 0 aromatic rings. The van der Waals surface area contributed by atoms with E-state index in [2.05, 4.69) is 13.8 Å². The minimum atomic E-state index is -1.79. The molecule has 0 aliphatic rings. The van der Waals surface area contributed by atoms with Crippen LogP contribution in [-0.2, 0) is 4.43 Å². The number of aliphatic hydroxyl groups is 1. The highest BCUT2D eigenvalue weighted by atomic mass is 28.4. The van der Waals surface area contributed by atoms with Crippen LogP contribution in [0.25, 0.3) is 0 Å². The Balaban J connectivity index is 4.33. The molecule has 3 heteroatoms. The Hall–Kier alpha value is 0.137. The fraction of sp³-hybridized carbons (Fsp3) is 1.00. The highest BCUT2D eigenvalue weighted by molar-refractivity contribution is 6.74. The summed E-state index contributed by atoms with van der Waals surface area (Å²) >= 11 is 0. The standard InChI is InChI=1S/C9H22O2Si/c1-5-9(10)12(7-3,8-4)11-6-2/h9-10H,5-8H2,1-4H3. The lowest BCUT2D eigenvalue weighted by Crippen LogP contribution is -2.49. The topological polar surface area (TPSA) is 29.5 Å². The van der Waals surface area contributed by atoms with Crippen molar-refractivity contribution in [2.75, 3.05) is 6.61 Å². The van der Waals surface area contributed by atoms with Crippen molar-refractivity contribution in [3.8, 4) is 0 Å². The Labute approximate surface area is 77.1 Å². The molecule has 0 saturated carbocycles. The Morgan fingerprint density at radius 3 is 1.92 bits per heavy atom. The Morgan fingerprint density at radius 1 is 1.17 bits per heavy atom. The molecule has 1 unspecified atom stereocenters. The summed E-state index contributed by atoms with van der Waals surface area (Å²) < 4.78 is 5.77. The van der Waals surface area contributed by atoms with Gasteiger partial charge in [0.1, 0.15) is 0 Å². The van der Waals surface area contributed by atoms with Gasteiger partial charge in [-0.15, -0.1) is 0 Å². The van der Waals surface area contributed by atoms with Crippen molar-refractivity contribution in [2.45, 2.75) is 51.9 Å². The third-order valence-corrected chi connectivity index (χ3v) is 7.50. The van der Waals surface area contributed by atoms with Crippen LogP contribution in [0.4, 0.5) is 0 Å². The lowest BCUT2D eigenvalue weighted by Gasteiger charge is -2.32. The first kappa shape index (κ1) is 12.1. The van der Waals surface area contributed by atoms with Gasteiger partial charge in [-0.05, 0) is 25.4 Å². The van der Waals surface area contributed by atoms with Crippen molar-refractivity contribution in [2.24, 2.45) is 0 Å². The third-order valence-electron chi connectivity index (χ3n) is 2.62. The summed E-state index contributed by atoms with van der Waals surface area (Å²) in [6.07, 6.45) is 0.827. The van der Waals surface area contributed by atoms with E-state index in [9.17, 15) is 5.11 Å². The lowest BCUT2D eigenvalue weighted by atomic mass is 10.5. The molecule has 0 bridgehead atoms. The van der Waals surface area contributed by atoms with Gasteiger partial charge < -0.3 is 9.53 Å². The average molecular weight is 190 g/mol. The molecule has 0 aromatic heterocycles. The maximum atomic E-state index is 9.84. The molecule has 74 valence electrons. The first-order chi connectivity index (χ1) is 5.66. The van der Waals surface area contributed by atoms with Gasteiger partial charge in [0.15, 0.2) is 0 Å². The summed E-state index contributed by atoms with van der Waals surface area (Å²) in [6, 6.07) is 2.04. The van der Waals surface area contributed by atoms with Gasteiger partial charge in [0.25, 0.3) is 0 Å². The van der Waals surface area contributed by atoms with Gasteiger partial charge in [0.05, 0.1) is 5.73 Å². The van der Waals surface area contributed by atoms with Crippen LogP contribution in [0, 0.1) is 0 Å². The Morgan fingerprint density at radius 2 is 1.67 bits per heavy atom. The van der Waals surface area contributed by atoms with E-state index in [0.717, 1.165) is 25.1 Å². The second-order valence-electron chi connectivity index (χ2n) is 3.13. The van der Waals surface area contributed by atoms with Crippen molar-refractivity contribution in [1.29, 1.82) is 0 Å². The smallest absolute Gasteiger partial charge is 0.220 e. The summed E-state index contributed by atoms with van der Waals surface area (Å²) in [5.41, 5.74) is -0.188. The first-order valence-electron chi connectivity index (χ1n) is 4.98. The highest BCUT2D eigenvalue weighted by Crippen LogP contribution is 2.22. The molecule has 0 aromatic carbocycles.